The molecule has 22 heavy (non-hydrogen) atoms. The molecular formula is C15H24N2O3S2. The lowest BCUT2D eigenvalue weighted by Crippen LogP contribution is -2.49. The van der Waals surface area contributed by atoms with Crippen molar-refractivity contribution in [1.82, 2.24) is 9.62 Å². The van der Waals surface area contributed by atoms with Crippen LogP contribution in [0.4, 0.5) is 0 Å². The van der Waals surface area contributed by atoms with Crippen molar-refractivity contribution in [2.75, 3.05) is 13.1 Å². The van der Waals surface area contributed by atoms with Crippen LogP contribution in [0.2, 0.25) is 0 Å². The monoisotopic (exact) mass is 344 g/mol. The lowest BCUT2D eigenvalue weighted by molar-refractivity contribution is -0.127. The average Bonchev–Trinajstić information content (AvgIpc) is 2.84. The summed E-state index contributed by atoms with van der Waals surface area (Å²) >= 11 is 1.28. The smallest absolute Gasteiger partial charge is 0.252 e. The Morgan fingerprint density at radius 2 is 2.05 bits per heavy atom. The Morgan fingerprint density at radius 3 is 2.59 bits per heavy atom. The second-order valence-electron chi connectivity index (χ2n) is 6.81. The lowest BCUT2D eigenvalue weighted by Gasteiger charge is -2.32. The molecule has 7 heteroatoms. The van der Waals surface area contributed by atoms with E-state index in [2.05, 4.69) is 5.32 Å². The molecule has 124 valence electrons. The summed E-state index contributed by atoms with van der Waals surface area (Å²) in [5, 5.41) is 2.95. The molecule has 1 N–H and O–H groups in total. The molecule has 5 nitrogen and oxygen atoms in total. The van der Waals surface area contributed by atoms with E-state index in [1.165, 1.54) is 15.6 Å². The molecule has 1 atom stereocenters. The maximum atomic E-state index is 12.7. The molecule has 0 aromatic carbocycles. The van der Waals surface area contributed by atoms with Crippen molar-refractivity contribution in [1.29, 1.82) is 0 Å². The van der Waals surface area contributed by atoms with Crippen molar-refractivity contribution in [3.63, 3.8) is 0 Å². The molecule has 1 unspecified atom stereocenters. The molecule has 1 aliphatic rings. The van der Waals surface area contributed by atoms with Crippen LogP contribution in [0.15, 0.2) is 16.3 Å². The van der Waals surface area contributed by atoms with Gasteiger partial charge in [0, 0.05) is 23.5 Å². The summed E-state index contributed by atoms with van der Waals surface area (Å²) in [5.74, 6) is -0.335. The maximum absolute atomic E-state index is 12.7. The minimum atomic E-state index is -3.48. The fourth-order valence-electron chi connectivity index (χ4n) is 2.52. The van der Waals surface area contributed by atoms with Gasteiger partial charge < -0.3 is 5.32 Å². The van der Waals surface area contributed by atoms with Crippen LogP contribution in [0, 0.1) is 12.8 Å². The van der Waals surface area contributed by atoms with Gasteiger partial charge >= 0.3 is 0 Å². The quantitative estimate of drug-likeness (QED) is 0.915. The topological polar surface area (TPSA) is 66.5 Å². The highest BCUT2D eigenvalue weighted by Crippen LogP contribution is 2.28. The standard InChI is InChI=1S/C15H24N2O3S2/c1-11-7-8-13(21-11)22(19,20)17-9-5-6-12(10-17)14(18)16-15(2,3)4/h7-8,12H,5-6,9-10H2,1-4H3,(H,16,18). The highest BCUT2D eigenvalue weighted by Gasteiger charge is 2.34. The van der Waals surface area contributed by atoms with Gasteiger partial charge in [-0.05, 0) is 52.7 Å². The Hall–Kier alpha value is -0.920. The highest BCUT2D eigenvalue weighted by molar-refractivity contribution is 7.91. The van der Waals surface area contributed by atoms with Crippen LogP contribution in [0.1, 0.15) is 38.5 Å². The van der Waals surface area contributed by atoms with E-state index in [0.717, 1.165) is 11.3 Å². The van der Waals surface area contributed by atoms with E-state index in [1.54, 1.807) is 6.07 Å². The number of amides is 1. The molecule has 0 spiro atoms. The Morgan fingerprint density at radius 1 is 1.36 bits per heavy atom. The van der Waals surface area contributed by atoms with E-state index in [4.69, 9.17) is 0 Å². The predicted molar refractivity (Wildman–Crippen MR) is 88.4 cm³/mol. The van der Waals surface area contributed by atoms with Crippen LogP contribution in [0.3, 0.4) is 0 Å². The fourth-order valence-corrected chi connectivity index (χ4v) is 5.49. The Balaban J connectivity index is 2.12. The van der Waals surface area contributed by atoms with Gasteiger partial charge in [-0.2, -0.15) is 4.31 Å². The molecule has 0 bridgehead atoms. The zero-order valence-electron chi connectivity index (χ0n) is 13.5. The zero-order chi connectivity index (χ0) is 16.5. The number of hydrogen-bond acceptors (Lipinski definition) is 4. The van der Waals surface area contributed by atoms with Crippen molar-refractivity contribution in [3.05, 3.63) is 17.0 Å². The summed E-state index contributed by atoms with van der Waals surface area (Å²) in [6.45, 7) is 8.42. The van der Waals surface area contributed by atoms with Gasteiger partial charge in [0.25, 0.3) is 10.0 Å². The van der Waals surface area contributed by atoms with E-state index in [1.807, 2.05) is 33.8 Å². The third kappa shape index (κ3) is 4.08. The molecule has 1 saturated heterocycles. The van der Waals surface area contributed by atoms with E-state index < -0.39 is 10.0 Å². The summed E-state index contributed by atoms with van der Waals surface area (Å²) in [6, 6.07) is 3.46. The van der Waals surface area contributed by atoms with Crippen LogP contribution in [0.25, 0.3) is 0 Å². The van der Waals surface area contributed by atoms with Crippen molar-refractivity contribution in [3.8, 4) is 0 Å². The Labute approximate surface area is 136 Å². The molecule has 1 fully saturated rings. The largest absolute Gasteiger partial charge is 0.351 e. The first-order chi connectivity index (χ1) is 10.1. The van der Waals surface area contributed by atoms with Gasteiger partial charge in [0.2, 0.25) is 5.91 Å². The summed E-state index contributed by atoms with van der Waals surface area (Å²) < 4.78 is 27.1. The van der Waals surface area contributed by atoms with Gasteiger partial charge in [-0.1, -0.05) is 0 Å². The summed E-state index contributed by atoms with van der Waals surface area (Å²) in [4.78, 5) is 13.3. The van der Waals surface area contributed by atoms with Gasteiger partial charge in [0.1, 0.15) is 4.21 Å². The van der Waals surface area contributed by atoms with E-state index in [9.17, 15) is 13.2 Å². The molecule has 2 heterocycles. The molecule has 1 aromatic heterocycles. The zero-order valence-corrected chi connectivity index (χ0v) is 15.2. The normalized spacial score (nSPS) is 20.8. The van der Waals surface area contributed by atoms with E-state index in [0.29, 0.717) is 17.2 Å². The van der Waals surface area contributed by atoms with Gasteiger partial charge in [-0.25, -0.2) is 8.42 Å². The minimum absolute atomic E-state index is 0.0604. The number of nitrogens with one attached hydrogen (secondary N) is 1. The van der Waals surface area contributed by atoms with Crippen molar-refractivity contribution >= 4 is 27.3 Å². The van der Waals surface area contributed by atoms with Crippen molar-refractivity contribution in [2.45, 2.75) is 50.3 Å². The molecule has 1 aromatic rings. The number of hydrogen-bond donors (Lipinski definition) is 1. The van der Waals surface area contributed by atoms with E-state index >= 15 is 0 Å². The van der Waals surface area contributed by atoms with Gasteiger partial charge in [-0.15, -0.1) is 11.3 Å². The number of rotatable bonds is 3. The maximum Gasteiger partial charge on any atom is 0.252 e. The van der Waals surface area contributed by atoms with Crippen LogP contribution in [0.5, 0.6) is 0 Å². The third-order valence-electron chi connectivity index (χ3n) is 3.56. The molecule has 0 saturated carbocycles. The molecule has 2 rings (SSSR count). The molecule has 0 radical (unpaired) electrons. The highest BCUT2D eigenvalue weighted by atomic mass is 32.2. The second kappa shape index (κ2) is 6.29. The second-order valence-corrected chi connectivity index (χ2v) is 10.3. The first-order valence-corrected chi connectivity index (χ1v) is 9.74. The number of nitrogens with zero attached hydrogens (tertiary/aromatic N) is 1. The summed E-state index contributed by atoms with van der Waals surface area (Å²) in [5.41, 5.74) is -0.302. The number of carbonyl (C=O) groups excluding carboxylic acids is 1. The number of aryl methyl sites for hydroxylation is 1. The Kier molecular flexibility index (Phi) is 4.99. The van der Waals surface area contributed by atoms with Crippen molar-refractivity contribution < 1.29 is 13.2 Å². The average molecular weight is 345 g/mol. The van der Waals surface area contributed by atoms with Crippen LogP contribution >= 0.6 is 11.3 Å². The third-order valence-corrected chi connectivity index (χ3v) is 6.90. The first-order valence-electron chi connectivity index (χ1n) is 7.48. The fraction of sp³-hybridized carbons (Fsp3) is 0.667. The van der Waals surface area contributed by atoms with E-state index in [-0.39, 0.29) is 23.9 Å². The van der Waals surface area contributed by atoms with Gasteiger partial charge in [0.05, 0.1) is 5.92 Å². The Bertz CT molecular complexity index is 644. The summed E-state index contributed by atoms with van der Waals surface area (Å²) in [6.07, 6.45) is 1.45. The van der Waals surface area contributed by atoms with Crippen molar-refractivity contribution in [2.24, 2.45) is 5.92 Å². The van der Waals surface area contributed by atoms with Gasteiger partial charge in [-0.3, -0.25) is 4.79 Å². The SMILES string of the molecule is Cc1ccc(S(=O)(=O)N2CCCC(C(=O)NC(C)(C)C)C2)s1. The first kappa shape index (κ1) is 17.4. The number of sulfonamides is 1. The minimum Gasteiger partial charge on any atom is -0.351 e. The molecule has 0 aliphatic carbocycles. The predicted octanol–water partition coefficient (Wildman–Crippen LogP) is 2.37. The molecule has 1 amide bonds. The summed E-state index contributed by atoms with van der Waals surface area (Å²) in [7, 11) is -3.48. The number of piperidine rings is 1. The van der Waals surface area contributed by atoms with Crippen LogP contribution in [-0.4, -0.2) is 37.3 Å². The molecule has 1 aliphatic heterocycles. The number of carbonyl (C=O) groups is 1. The van der Waals surface area contributed by atoms with Gasteiger partial charge in [0.15, 0.2) is 0 Å². The van der Waals surface area contributed by atoms with Crippen LogP contribution in [-0.2, 0) is 14.8 Å². The lowest BCUT2D eigenvalue weighted by atomic mass is 9.97. The van der Waals surface area contributed by atoms with Crippen LogP contribution < -0.4 is 5.32 Å². The molecular weight excluding hydrogens is 320 g/mol. The number of thiophene rings is 1.